The summed E-state index contributed by atoms with van der Waals surface area (Å²) in [6, 6.07) is 3.82. The normalized spacial score (nSPS) is 11.6. The van der Waals surface area contributed by atoms with Crippen LogP contribution in [0.25, 0.3) is 0 Å². The lowest BCUT2D eigenvalue weighted by Crippen LogP contribution is -2.12. The highest BCUT2D eigenvalue weighted by Crippen LogP contribution is 1.97. The van der Waals surface area contributed by atoms with E-state index in [1.165, 1.54) is 0 Å². The van der Waals surface area contributed by atoms with Gasteiger partial charge in [0, 0.05) is 24.5 Å². The summed E-state index contributed by atoms with van der Waals surface area (Å²) in [6.45, 7) is 1.93. The summed E-state index contributed by atoms with van der Waals surface area (Å²) in [5.74, 6) is 0.525. The molecule has 11 heavy (non-hydrogen) atoms. The summed E-state index contributed by atoms with van der Waals surface area (Å²) >= 11 is 0. The number of rotatable bonds is 1. The molecule has 1 rings (SSSR count). The van der Waals surface area contributed by atoms with E-state index < -0.39 is 0 Å². The molecule has 0 atom stereocenters. The largest absolute Gasteiger partial charge is 0.383 e. The molecule has 3 nitrogen and oxygen atoms in total. The highest BCUT2D eigenvalue weighted by atomic mass is 14.8. The maximum absolute atomic E-state index is 5.55. The number of hydrogen-bond donors (Lipinski definition) is 1. The highest BCUT2D eigenvalue weighted by molar-refractivity contribution is 5.96. The van der Waals surface area contributed by atoms with Crippen molar-refractivity contribution in [3.05, 3.63) is 29.6 Å². The van der Waals surface area contributed by atoms with Crippen LogP contribution in [0.2, 0.25) is 0 Å². The molecule has 2 N–H and O–H groups in total. The molecule has 1 aromatic heterocycles. The lowest BCUT2D eigenvalue weighted by atomic mass is 10.2. The van der Waals surface area contributed by atoms with Crippen LogP contribution in [0.4, 0.5) is 0 Å². The molecule has 0 aliphatic rings. The smallest absolute Gasteiger partial charge is 0.126 e. The molecule has 0 saturated carbocycles. The average Bonchev–Trinajstić information content (AvgIpc) is 2.05. The van der Waals surface area contributed by atoms with E-state index in [1.807, 2.05) is 19.1 Å². The van der Waals surface area contributed by atoms with Crippen LogP contribution in [-0.4, -0.2) is 17.9 Å². The molecule has 58 valence electrons. The van der Waals surface area contributed by atoms with Crippen molar-refractivity contribution in [3.63, 3.8) is 0 Å². The Morgan fingerprint density at radius 2 is 2.27 bits per heavy atom. The second kappa shape index (κ2) is 3.14. The fraction of sp³-hybridized carbons (Fsp3) is 0.250. The van der Waals surface area contributed by atoms with E-state index in [0.717, 1.165) is 11.3 Å². The van der Waals surface area contributed by atoms with Crippen molar-refractivity contribution in [2.75, 3.05) is 7.05 Å². The van der Waals surface area contributed by atoms with Crippen LogP contribution in [0, 0.1) is 6.92 Å². The lowest BCUT2D eigenvalue weighted by molar-refractivity contribution is 1.19. The van der Waals surface area contributed by atoms with Gasteiger partial charge in [-0.1, -0.05) is 0 Å². The zero-order valence-electron chi connectivity index (χ0n) is 6.70. The quantitative estimate of drug-likeness (QED) is 0.472. The van der Waals surface area contributed by atoms with Gasteiger partial charge in [0.05, 0.1) is 0 Å². The molecule has 0 aliphatic carbocycles. The fourth-order valence-electron chi connectivity index (χ4n) is 0.748. The first-order valence-electron chi connectivity index (χ1n) is 3.39. The minimum absolute atomic E-state index is 0.525. The van der Waals surface area contributed by atoms with Gasteiger partial charge in [-0.15, -0.1) is 0 Å². The zero-order chi connectivity index (χ0) is 8.27. The van der Waals surface area contributed by atoms with Gasteiger partial charge in [0.2, 0.25) is 0 Å². The summed E-state index contributed by atoms with van der Waals surface area (Å²) in [7, 11) is 1.66. The van der Waals surface area contributed by atoms with Gasteiger partial charge in [-0.25, -0.2) is 0 Å². The van der Waals surface area contributed by atoms with Gasteiger partial charge < -0.3 is 5.73 Å². The molecule has 0 radical (unpaired) electrons. The topological polar surface area (TPSA) is 51.3 Å². The van der Waals surface area contributed by atoms with Crippen molar-refractivity contribution < 1.29 is 0 Å². The monoisotopic (exact) mass is 149 g/mol. The second-order valence-corrected chi connectivity index (χ2v) is 2.30. The molecule has 0 saturated heterocycles. The van der Waals surface area contributed by atoms with Gasteiger partial charge >= 0.3 is 0 Å². The Morgan fingerprint density at radius 1 is 1.55 bits per heavy atom. The zero-order valence-corrected chi connectivity index (χ0v) is 6.70. The number of amidine groups is 1. The van der Waals surface area contributed by atoms with E-state index in [1.54, 1.807) is 13.2 Å². The number of aromatic nitrogens is 1. The third kappa shape index (κ3) is 1.77. The Morgan fingerprint density at radius 3 is 2.73 bits per heavy atom. The number of nitrogens with two attached hydrogens (primary N) is 1. The number of aryl methyl sites for hydroxylation is 1. The summed E-state index contributed by atoms with van der Waals surface area (Å²) in [5.41, 5.74) is 7.41. The highest BCUT2D eigenvalue weighted by Gasteiger charge is 1.95. The SMILES string of the molecule is CN=C(N)c1ccc(C)nc1. The maximum atomic E-state index is 5.55. The van der Waals surface area contributed by atoms with Gasteiger partial charge in [0.25, 0.3) is 0 Å². The van der Waals surface area contributed by atoms with Gasteiger partial charge in [0.1, 0.15) is 5.84 Å². The predicted octanol–water partition coefficient (Wildman–Crippen LogP) is 0.725. The number of pyridine rings is 1. The van der Waals surface area contributed by atoms with Gasteiger partial charge in [-0.05, 0) is 19.1 Å². The van der Waals surface area contributed by atoms with Crippen molar-refractivity contribution in [2.45, 2.75) is 6.92 Å². The van der Waals surface area contributed by atoms with E-state index in [0.29, 0.717) is 5.84 Å². The maximum Gasteiger partial charge on any atom is 0.126 e. The molecule has 0 aromatic carbocycles. The van der Waals surface area contributed by atoms with E-state index in [4.69, 9.17) is 5.73 Å². The minimum atomic E-state index is 0.525. The third-order valence-corrected chi connectivity index (χ3v) is 1.45. The Labute approximate surface area is 66.0 Å². The molecule has 0 bridgehead atoms. The second-order valence-electron chi connectivity index (χ2n) is 2.30. The van der Waals surface area contributed by atoms with Crippen LogP contribution in [0.3, 0.4) is 0 Å². The van der Waals surface area contributed by atoms with Crippen molar-refractivity contribution >= 4 is 5.84 Å². The van der Waals surface area contributed by atoms with Crippen molar-refractivity contribution in [1.29, 1.82) is 0 Å². The van der Waals surface area contributed by atoms with E-state index in [2.05, 4.69) is 9.98 Å². The molecule has 1 heterocycles. The van der Waals surface area contributed by atoms with Crippen LogP contribution in [0.5, 0.6) is 0 Å². The van der Waals surface area contributed by atoms with E-state index >= 15 is 0 Å². The summed E-state index contributed by atoms with van der Waals surface area (Å²) < 4.78 is 0. The summed E-state index contributed by atoms with van der Waals surface area (Å²) in [6.07, 6.45) is 1.72. The third-order valence-electron chi connectivity index (χ3n) is 1.45. The van der Waals surface area contributed by atoms with Crippen molar-refractivity contribution in [1.82, 2.24) is 4.98 Å². The molecular weight excluding hydrogens is 138 g/mol. The van der Waals surface area contributed by atoms with Crippen molar-refractivity contribution in [3.8, 4) is 0 Å². The van der Waals surface area contributed by atoms with Crippen molar-refractivity contribution in [2.24, 2.45) is 10.7 Å². The number of nitrogens with zero attached hydrogens (tertiary/aromatic N) is 2. The average molecular weight is 149 g/mol. The standard InChI is InChI=1S/C8H11N3/c1-6-3-4-7(5-11-6)8(9)10-2/h3-5H,1-2H3,(H2,9,10). The Balaban J connectivity index is 2.99. The molecule has 0 amide bonds. The lowest BCUT2D eigenvalue weighted by Gasteiger charge is -1.97. The Hall–Kier alpha value is -1.38. The molecule has 0 aliphatic heterocycles. The predicted molar refractivity (Wildman–Crippen MR) is 45.6 cm³/mol. The van der Waals surface area contributed by atoms with Crippen LogP contribution < -0.4 is 5.73 Å². The first-order chi connectivity index (χ1) is 5.24. The number of hydrogen-bond acceptors (Lipinski definition) is 2. The first-order valence-corrected chi connectivity index (χ1v) is 3.39. The minimum Gasteiger partial charge on any atom is -0.383 e. The summed E-state index contributed by atoms with van der Waals surface area (Å²) in [5, 5.41) is 0. The first kappa shape index (κ1) is 7.72. The molecule has 3 heteroatoms. The van der Waals surface area contributed by atoms with E-state index in [9.17, 15) is 0 Å². The van der Waals surface area contributed by atoms with Gasteiger partial charge in [0.15, 0.2) is 0 Å². The van der Waals surface area contributed by atoms with E-state index in [-0.39, 0.29) is 0 Å². The van der Waals surface area contributed by atoms with Crippen LogP contribution in [0.1, 0.15) is 11.3 Å². The van der Waals surface area contributed by atoms with Crippen LogP contribution >= 0.6 is 0 Å². The summed E-state index contributed by atoms with van der Waals surface area (Å²) in [4.78, 5) is 7.93. The van der Waals surface area contributed by atoms with Gasteiger partial charge in [-0.3, -0.25) is 9.98 Å². The fourth-order valence-corrected chi connectivity index (χ4v) is 0.748. The molecule has 0 fully saturated rings. The molecular formula is C8H11N3. The number of aliphatic imine (C=N–C) groups is 1. The van der Waals surface area contributed by atoms with Crippen LogP contribution in [-0.2, 0) is 0 Å². The molecule has 0 spiro atoms. The molecule has 1 aromatic rings. The Kier molecular flexibility index (Phi) is 2.21. The van der Waals surface area contributed by atoms with Crippen LogP contribution in [0.15, 0.2) is 23.3 Å². The Bertz CT molecular complexity index is 261. The molecule has 0 unspecified atom stereocenters. The van der Waals surface area contributed by atoms with Gasteiger partial charge in [-0.2, -0.15) is 0 Å².